The van der Waals surface area contributed by atoms with Gasteiger partial charge in [-0.2, -0.15) is 8.42 Å². The first-order valence-electron chi connectivity index (χ1n) is 8.36. The van der Waals surface area contributed by atoms with Crippen LogP contribution >= 0.6 is 15.9 Å². The number of hydrogen-bond donors (Lipinski definition) is 0. The van der Waals surface area contributed by atoms with Crippen LogP contribution in [0.15, 0.2) is 81.9 Å². The summed E-state index contributed by atoms with van der Waals surface area (Å²) in [6.07, 6.45) is 1.60. The first kappa shape index (κ1) is 19.4. The van der Waals surface area contributed by atoms with Crippen LogP contribution in [0.5, 0.6) is 11.5 Å². The summed E-state index contributed by atoms with van der Waals surface area (Å²) in [6, 6.07) is 15.7. The molecular weight excluding hydrogens is 463 g/mol. The maximum atomic E-state index is 13.0. The number of benzene rings is 3. The largest absolute Gasteiger partial charge is 0.452 e. The second-order valence-electron chi connectivity index (χ2n) is 6.11. The van der Waals surface area contributed by atoms with Crippen molar-refractivity contribution in [2.75, 3.05) is 0 Å². The Morgan fingerprint density at radius 3 is 2.45 bits per heavy atom. The molecule has 29 heavy (non-hydrogen) atoms. The Hall–Kier alpha value is -2.97. The maximum Gasteiger partial charge on any atom is 0.339 e. The highest BCUT2D eigenvalue weighted by Crippen LogP contribution is 2.36. The minimum Gasteiger partial charge on any atom is -0.452 e. The van der Waals surface area contributed by atoms with Gasteiger partial charge in [0.15, 0.2) is 5.76 Å². The third kappa shape index (κ3) is 3.94. The van der Waals surface area contributed by atoms with E-state index < -0.39 is 15.9 Å². The third-order valence-electron chi connectivity index (χ3n) is 4.14. The summed E-state index contributed by atoms with van der Waals surface area (Å²) in [5, 5.41) is 0. The summed E-state index contributed by atoms with van der Waals surface area (Å²) < 4.78 is 49.2. The zero-order chi connectivity index (χ0) is 20.6. The Kier molecular flexibility index (Phi) is 4.97. The van der Waals surface area contributed by atoms with Crippen LogP contribution in [-0.4, -0.2) is 14.2 Å². The van der Waals surface area contributed by atoms with Gasteiger partial charge in [0, 0.05) is 10.5 Å². The van der Waals surface area contributed by atoms with Gasteiger partial charge in [-0.1, -0.05) is 34.1 Å². The highest BCUT2D eigenvalue weighted by molar-refractivity contribution is 9.10. The van der Waals surface area contributed by atoms with Gasteiger partial charge in [-0.3, -0.25) is 4.79 Å². The Labute approximate surface area is 174 Å². The molecule has 1 aliphatic rings. The minimum absolute atomic E-state index is 0.0250. The van der Waals surface area contributed by atoms with E-state index in [0.717, 1.165) is 34.3 Å². The van der Waals surface area contributed by atoms with Gasteiger partial charge in [-0.25, -0.2) is 4.39 Å². The summed E-state index contributed by atoms with van der Waals surface area (Å²) >= 11 is 3.41. The van der Waals surface area contributed by atoms with Gasteiger partial charge in [-0.15, -0.1) is 0 Å². The molecule has 0 atom stereocenters. The SMILES string of the molecule is O=C1/C(=C/c2ccccc2Br)Oc2cc(OS(=O)(=O)c3ccc(F)cc3)ccc21. The van der Waals surface area contributed by atoms with Gasteiger partial charge in [0.05, 0.1) is 5.56 Å². The van der Waals surface area contributed by atoms with Crippen LogP contribution in [-0.2, 0) is 10.1 Å². The van der Waals surface area contributed by atoms with Gasteiger partial charge >= 0.3 is 10.1 Å². The molecule has 8 heteroatoms. The maximum absolute atomic E-state index is 13.0. The van der Waals surface area contributed by atoms with Crippen molar-refractivity contribution in [3.8, 4) is 11.5 Å². The van der Waals surface area contributed by atoms with Crippen LogP contribution in [0, 0.1) is 5.82 Å². The predicted octanol–water partition coefficient (Wildman–Crippen LogP) is 4.97. The molecule has 1 heterocycles. The molecule has 0 unspecified atom stereocenters. The van der Waals surface area contributed by atoms with Crippen LogP contribution in [0.1, 0.15) is 15.9 Å². The number of rotatable bonds is 4. The standard InChI is InChI=1S/C21H12BrFO5S/c22-18-4-2-1-3-13(18)11-20-21(24)17-10-7-15(12-19(17)27-20)28-29(25,26)16-8-5-14(23)6-9-16/h1-12H/b20-11-. The fraction of sp³-hybridized carbons (Fsp3) is 0. The van der Waals surface area contributed by atoms with Crippen molar-refractivity contribution >= 4 is 37.9 Å². The Balaban J connectivity index is 1.61. The van der Waals surface area contributed by atoms with Crippen LogP contribution in [0.3, 0.4) is 0 Å². The highest BCUT2D eigenvalue weighted by atomic mass is 79.9. The van der Waals surface area contributed by atoms with Gasteiger partial charge in [-0.05, 0) is 54.1 Å². The number of fused-ring (bicyclic) bond motifs is 1. The van der Waals surface area contributed by atoms with E-state index in [2.05, 4.69) is 15.9 Å². The molecule has 0 saturated heterocycles. The molecule has 5 nitrogen and oxygen atoms in total. The molecule has 0 radical (unpaired) electrons. The molecule has 0 saturated carbocycles. The summed E-state index contributed by atoms with van der Waals surface area (Å²) in [4.78, 5) is 12.4. The quantitative estimate of drug-likeness (QED) is 0.394. The van der Waals surface area contributed by atoms with Crippen molar-refractivity contribution < 1.29 is 26.5 Å². The van der Waals surface area contributed by atoms with E-state index in [1.165, 1.54) is 18.2 Å². The van der Waals surface area contributed by atoms with E-state index in [9.17, 15) is 17.6 Å². The molecule has 0 spiro atoms. The first-order chi connectivity index (χ1) is 13.8. The van der Waals surface area contributed by atoms with Crippen molar-refractivity contribution in [3.05, 3.63) is 93.9 Å². The number of Topliss-reactive ketones (excluding diaryl/α,β-unsaturated/α-hetero) is 1. The van der Waals surface area contributed by atoms with Crippen LogP contribution in [0.25, 0.3) is 6.08 Å². The zero-order valence-corrected chi connectivity index (χ0v) is 17.0. The van der Waals surface area contributed by atoms with E-state index in [1.54, 1.807) is 6.08 Å². The lowest BCUT2D eigenvalue weighted by atomic mass is 10.1. The van der Waals surface area contributed by atoms with Crippen LogP contribution in [0.2, 0.25) is 0 Å². The lowest BCUT2D eigenvalue weighted by Crippen LogP contribution is -2.09. The number of ketones is 1. The molecule has 146 valence electrons. The molecule has 1 aliphatic heterocycles. The molecule has 0 aromatic heterocycles. The molecule has 4 rings (SSSR count). The fourth-order valence-corrected chi connectivity index (χ4v) is 4.05. The van der Waals surface area contributed by atoms with Crippen molar-refractivity contribution in [2.24, 2.45) is 0 Å². The first-order valence-corrected chi connectivity index (χ1v) is 10.6. The van der Waals surface area contributed by atoms with Crippen molar-refractivity contribution in [1.29, 1.82) is 0 Å². The van der Waals surface area contributed by atoms with E-state index >= 15 is 0 Å². The van der Waals surface area contributed by atoms with Crippen molar-refractivity contribution in [3.63, 3.8) is 0 Å². The average Bonchev–Trinajstić information content (AvgIpc) is 2.98. The lowest BCUT2D eigenvalue weighted by molar-refractivity contribution is 0.101. The Morgan fingerprint density at radius 2 is 1.72 bits per heavy atom. The fourth-order valence-electron chi connectivity index (χ4n) is 2.73. The summed E-state index contributed by atoms with van der Waals surface area (Å²) in [6.45, 7) is 0. The number of carbonyl (C=O) groups excluding carboxylic acids is 1. The second-order valence-corrected chi connectivity index (χ2v) is 8.51. The Bertz CT molecular complexity index is 1250. The molecule has 0 N–H and O–H groups in total. The normalized spacial score (nSPS) is 14.6. The number of allylic oxidation sites excluding steroid dienone is 1. The summed E-state index contributed by atoms with van der Waals surface area (Å²) in [7, 11) is -4.16. The molecule has 3 aromatic carbocycles. The topological polar surface area (TPSA) is 69.7 Å². The minimum atomic E-state index is -4.16. The molecular formula is C21H12BrFO5S. The summed E-state index contributed by atoms with van der Waals surface area (Å²) in [5.74, 6) is -0.588. The van der Waals surface area contributed by atoms with Gasteiger partial charge in [0.25, 0.3) is 0 Å². The number of ether oxygens (including phenoxy) is 1. The van der Waals surface area contributed by atoms with E-state index in [0.29, 0.717) is 5.56 Å². The molecule has 0 amide bonds. The second kappa shape index (κ2) is 7.46. The smallest absolute Gasteiger partial charge is 0.339 e. The van der Waals surface area contributed by atoms with E-state index in [-0.39, 0.29) is 27.9 Å². The van der Waals surface area contributed by atoms with Gasteiger partial charge in [0.2, 0.25) is 5.78 Å². The highest BCUT2D eigenvalue weighted by Gasteiger charge is 2.29. The van der Waals surface area contributed by atoms with E-state index in [1.807, 2.05) is 24.3 Å². The van der Waals surface area contributed by atoms with Gasteiger partial charge in [0.1, 0.15) is 22.2 Å². The number of hydrogen-bond acceptors (Lipinski definition) is 5. The third-order valence-corrected chi connectivity index (χ3v) is 6.13. The Morgan fingerprint density at radius 1 is 1.00 bits per heavy atom. The monoisotopic (exact) mass is 474 g/mol. The van der Waals surface area contributed by atoms with Crippen molar-refractivity contribution in [2.45, 2.75) is 4.90 Å². The van der Waals surface area contributed by atoms with Crippen LogP contribution < -0.4 is 8.92 Å². The molecule has 0 bridgehead atoms. The van der Waals surface area contributed by atoms with E-state index in [4.69, 9.17) is 8.92 Å². The molecule has 0 aliphatic carbocycles. The number of halogens is 2. The van der Waals surface area contributed by atoms with Crippen molar-refractivity contribution in [1.82, 2.24) is 0 Å². The average molecular weight is 475 g/mol. The molecule has 3 aromatic rings. The summed E-state index contributed by atoms with van der Waals surface area (Å²) in [5.41, 5.74) is 1.06. The van der Waals surface area contributed by atoms with Crippen LogP contribution in [0.4, 0.5) is 4.39 Å². The van der Waals surface area contributed by atoms with Gasteiger partial charge < -0.3 is 8.92 Å². The molecule has 0 fully saturated rings. The zero-order valence-electron chi connectivity index (χ0n) is 14.6. The number of carbonyl (C=O) groups is 1. The lowest BCUT2D eigenvalue weighted by Gasteiger charge is -2.08. The predicted molar refractivity (Wildman–Crippen MR) is 108 cm³/mol.